The molecule has 0 saturated heterocycles. The number of carbonyl (C=O) groups is 2. The van der Waals surface area contributed by atoms with Crippen LogP contribution in [0.3, 0.4) is 0 Å². The molecule has 5 nitrogen and oxygen atoms in total. The Labute approximate surface area is 200 Å². The van der Waals surface area contributed by atoms with Gasteiger partial charge >= 0.3 is 0 Å². The summed E-state index contributed by atoms with van der Waals surface area (Å²) < 4.78 is 5.77. The molecule has 2 amide bonds. The van der Waals surface area contributed by atoms with Gasteiger partial charge in [0.2, 0.25) is 5.91 Å². The zero-order chi connectivity index (χ0) is 23.6. The summed E-state index contributed by atoms with van der Waals surface area (Å²) in [7, 11) is 1.58. The van der Waals surface area contributed by atoms with Gasteiger partial charge in [-0.2, -0.15) is 0 Å². The quantitative estimate of drug-likeness (QED) is 0.474. The summed E-state index contributed by atoms with van der Waals surface area (Å²) >= 11 is 6.17. The van der Waals surface area contributed by atoms with E-state index in [1.54, 1.807) is 24.1 Å². The molecule has 0 aliphatic rings. The second-order valence-electron chi connectivity index (χ2n) is 7.76. The molecule has 1 N–H and O–H groups in total. The minimum absolute atomic E-state index is 0.172. The van der Waals surface area contributed by atoms with Gasteiger partial charge in [0, 0.05) is 25.0 Å². The van der Waals surface area contributed by atoms with Crippen molar-refractivity contribution in [2.24, 2.45) is 0 Å². The van der Waals surface area contributed by atoms with Crippen molar-refractivity contribution in [3.63, 3.8) is 0 Å². The summed E-state index contributed by atoms with van der Waals surface area (Å²) in [6, 6.07) is 23.9. The number of ether oxygens (including phenoxy) is 1. The van der Waals surface area contributed by atoms with Gasteiger partial charge in [0.15, 0.2) is 6.61 Å². The highest BCUT2D eigenvalue weighted by atomic mass is 35.5. The Hall–Kier alpha value is -3.31. The third-order valence-electron chi connectivity index (χ3n) is 5.45. The third-order valence-corrected chi connectivity index (χ3v) is 5.69. The van der Waals surface area contributed by atoms with Gasteiger partial charge in [-0.3, -0.25) is 9.59 Å². The number of amides is 2. The minimum atomic E-state index is -0.699. The average Bonchev–Trinajstić information content (AvgIpc) is 2.85. The number of rotatable bonds is 10. The summed E-state index contributed by atoms with van der Waals surface area (Å²) in [5, 5.41) is 3.28. The maximum Gasteiger partial charge on any atom is 0.261 e. The second kappa shape index (κ2) is 12.1. The lowest BCUT2D eigenvalue weighted by atomic mass is 10.0. The SMILES string of the molecule is CCc1ccc(OCC(=O)N(Cc2cccc(Cl)c2)[C@@H](Cc2ccccc2)C(=O)NC)cc1. The number of halogens is 1. The fraction of sp³-hybridized carbons (Fsp3) is 0.259. The molecule has 1 atom stereocenters. The van der Waals surface area contributed by atoms with Crippen LogP contribution in [0.2, 0.25) is 5.02 Å². The van der Waals surface area contributed by atoms with Gasteiger partial charge in [0.1, 0.15) is 11.8 Å². The Morgan fingerprint density at radius 3 is 2.27 bits per heavy atom. The van der Waals surface area contributed by atoms with Crippen LogP contribution in [0.1, 0.15) is 23.6 Å². The summed E-state index contributed by atoms with van der Waals surface area (Å²) in [5.41, 5.74) is 3.00. The molecule has 3 aromatic carbocycles. The van der Waals surface area contributed by atoms with Crippen LogP contribution in [0.5, 0.6) is 5.75 Å². The molecule has 0 aliphatic heterocycles. The molecular weight excluding hydrogens is 436 g/mol. The number of hydrogen-bond acceptors (Lipinski definition) is 3. The number of benzene rings is 3. The second-order valence-corrected chi connectivity index (χ2v) is 8.19. The van der Waals surface area contributed by atoms with Crippen LogP contribution in [0, 0.1) is 0 Å². The van der Waals surface area contributed by atoms with E-state index in [2.05, 4.69) is 12.2 Å². The van der Waals surface area contributed by atoms with E-state index in [1.165, 1.54) is 5.56 Å². The van der Waals surface area contributed by atoms with Gasteiger partial charge in [-0.1, -0.05) is 73.1 Å². The minimum Gasteiger partial charge on any atom is -0.484 e. The molecule has 0 fully saturated rings. The monoisotopic (exact) mass is 464 g/mol. The topological polar surface area (TPSA) is 58.6 Å². The van der Waals surface area contributed by atoms with Crippen molar-refractivity contribution in [3.8, 4) is 5.75 Å². The van der Waals surface area contributed by atoms with Gasteiger partial charge in [-0.05, 0) is 47.4 Å². The molecule has 3 aromatic rings. The van der Waals surface area contributed by atoms with Crippen molar-refractivity contribution in [3.05, 3.63) is 101 Å². The number of aryl methyl sites for hydroxylation is 1. The number of nitrogens with one attached hydrogen (secondary N) is 1. The van der Waals surface area contributed by atoms with Crippen molar-refractivity contribution in [2.45, 2.75) is 32.4 Å². The first-order valence-electron chi connectivity index (χ1n) is 11.0. The van der Waals surface area contributed by atoms with Crippen LogP contribution >= 0.6 is 11.6 Å². The Kier molecular flexibility index (Phi) is 8.90. The third kappa shape index (κ3) is 7.09. The smallest absolute Gasteiger partial charge is 0.261 e. The van der Waals surface area contributed by atoms with Crippen LogP contribution in [0.25, 0.3) is 0 Å². The fourth-order valence-electron chi connectivity index (χ4n) is 3.60. The van der Waals surface area contributed by atoms with Crippen molar-refractivity contribution < 1.29 is 14.3 Å². The van der Waals surface area contributed by atoms with E-state index in [4.69, 9.17) is 16.3 Å². The molecule has 0 spiro atoms. The van der Waals surface area contributed by atoms with E-state index in [9.17, 15) is 9.59 Å². The Bertz CT molecular complexity index is 1050. The van der Waals surface area contributed by atoms with Crippen LogP contribution in [0.4, 0.5) is 0 Å². The molecule has 0 radical (unpaired) electrons. The van der Waals surface area contributed by atoms with Gasteiger partial charge < -0.3 is 15.0 Å². The van der Waals surface area contributed by atoms with Crippen LogP contribution in [-0.4, -0.2) is 36.4 Å². The lowest BCUT2D eigenvalue weighted by Crippen LogP contribution is -2.51. The standard InChI is InChI=1S/C27H29ClN2O3/c1-3-20-12-14-24(15-13-20)33-19-26(31)30(18-22-10-7-11-23(28)16-22)25(27(32)29-2)17-21-8-5-4-6-9-21/h4-16,25H,3,17-19H2,1-2H3,(H,29,32)/t25-/m0/s1. The maximum absolute atomic E-state index is 13.4. The van der Waals surface area contributed by atoms with Gasteiger partial charge in [-0.15, -0.1) is 0 Å². The maximum atomic E-state index is 13.4. The molecule has 0 unspecified atom stereocenters. The molecule has 0 heterocycles. The number of carbonyl (C=O) groups excluding carboxylic acids is 2. The molecule has 33 heavy (non-hydrogen) atoms. The molecule has 172 valence electrons. The van der Waals surface area contributed by atoms with Crippen molar-refractivity contribution in [2.75, 3.05) is 13.7 Å². The Morgan fingerprint density at radius 2 is 1.64 bits per heavy atom. The molecular formula is C27H29ClN2O3. The van der Waals surface area contributed by atoms with Crippen LogP contribution < -0.4 is 10.1 Å². The molecule has 0 saturated carbocycles. The zero-order valence-corrected chi connectivity index (χ0v) is 19.7. The Balaban J connectivity index is 1.85. The van der Waals surface area contributed by atoms with Crippen LogP contribution in [0.15, 0.2) is 78.9 Å². The van der Waals surface area contributed by atoms with Crippen molar-refractivity contribution in [1.29, 1.82) is 0 Å². The van der Waals surface area contributed by atoms with Crippen molar-refractivity contribution in [1.82, 2.24) is 10.2 Å². The summed E-state index contributed by atoms with van der Waals surface area (Å²) in [6.45, 7) is 2.15. The van der Waals surface area contributed by atoms with E-state index in [0.29, 0.717) is 17.2 Å². The average molecular weight is 465 g/mol. The van der Waals surface area contributed by atoms with Gasteiger partial charge in [-0.25, -0.2) is 0 Å². The fourth-order valence-corrected chi connectivity index (χ4v) is 3.81. The predicted octanol–water partition coefficient (Wildman–Crippen LogP) is 4.67. The van der Waals surface area contributed by atoms with E-state index < -0.39 is 6.04 Å². The number of likely N-dealkylation sites (N-methyl/N-ethyl adjacent to an activating group) is 1. The van der Waals surface area contributed by atoms with E-state index in [0.717, 1.165) is 17.5 Å². The highest BCUT2D eigenvalue weighted by molar-refractivity contribution is 6.30. The Morgan fingerprint density at radius 1 is 0.939 bits per heavy atom. The highest BCUT2D eigenvalue weighted by Gasteiger charge is 2.30. The number of nitrogens with zero attached hydrogens (tertiary/aromatic N) is 1. The largest absolute Gasteiger partial charge is 0.484 e. The molecule has 0 bridgehead atoms. The predicted molar refractivity (Wildman–Crippen MR) is 131 cm³/mol. The lowest BCUT2D eigenvalue weighted by molar-refractivity contribution is -0.142. The molecule has 0 aromatic heterocycles. The zero-order valence-electron chi connectivity index (χ0n) is 19.0. The van der Waals surface area contributed by atoms with E-state index in [-0.39, 0.29) is 25.0 Å². The van der Waals surface area contributed by atoms with Gasteiger partial charge in [0.05, 0.1) is 0 Å². The molecule has 3 rings (SSSR count). The first-order chi connectivity index (χ1) is 16.0. The summed E-state index contributed by atoms with van der Waals surface area (Å²) in [5.74, 6) is 0.100. The highest BCUT2D eigenvalue weighted by Crippen LogP contribution is 2.18. The van der Waals surface area contributed by atoms with Gasteiger partial charge in [0.25, 0.3) is 5.91 Å². The normalized spacial score (nSPS) is 11.5. The first kappa shape index (κ1) is 24.3. The lowest BCUT2D eigenvalue weighted by Gasteiger charge is -2.31. The first-order valence-corrected chi connectivity index (χ1v) is 11.4. The molecule has 6 heteroatoms. The molecule has 0 aliphatic carbocycles. The van der Waals surface area contributed by atoms with E-state index in [1.807, 2.05) is 66.7 Å². The van der Waals surface area contributed by atoms with E-state index >= 15 is 0 Å². The van der Waals surface area contributed by atoms with Crippen molar-refractivity contribution >= 4 is 23.4 Å². The number of hydrogen-bond donors (Lipinski definition) is 1. The summed E-state index contributed by atoms with van der Waals surface area (Å²) in [6.07, 6.45) is 1.32. The summed E-state index contributed by atoms with van der Waals surface area (Å²) in [4.78, 5) is 27.8. The van der Waals surface area contributed by atoms with Crippen LogP contribution in [-0.2, 0) is 29.0 Å².